The summed E-state index contributed by atoms with van der Waals surface area (Å²) < 4.78 is 27.3. The minimum Gasteiger partial charge on any atom is -0.351 e. The molecule has 1 saturated heterocycles. The molecule has 1 aliphatic heterocycles. The van der Waals surface area contributed by atoms with Crippen molar-refractivity contribution >= 4 is 27.7 Å². The summed E-state index contributed by atoms with van der Waals surface area (Å²) in [6, 6.07) is 16.5. The van der Waals surface area contributed by atoms with E-state index in [4.69, 9.17) is 0 Å². The number of amides is 1. The first-order valence-corrected chi connectivity index (χ1v) is 12.6. The lowest BCUT2D eigenvalue weighted by Crippen LogP contribution is -2.38. The van der Waals surface area contributed by atoms with E-state index >= 15 is 0 Å². The molecule has 1 heterocycles. The van der Waals surface area contributed by atoms with Crippen molar-refractivity contribution in [1.29, 1.82) is 0 Å². The quantitative estimate of drug-likeness (QED) is 0.645. The van der Waals surface area contributed by atoms with Gasteiger partial charge in [-0.05, 0) is 42.5 Å². The van der Waals surface area contributed by atoms with E-state index in [0.717, 1.165) is 24.3 Å². The van der Waals surface area contributed by atoms with Crippen molar-refractivity contribution in [2.75, 3.05) is 25.4 Å². The smallest absolute Gasteiger partial charge is 0.251 e. The molecule has 0 aliphatic carbocycles. The van der Waals surface area contributed by atoms with E-state index in [1.807, 2.05) is 18.2 Å². The minimum atomic E-state index is -3.55. The van der Waals surface area contributed by atoms with Gasteiger partial charge in [0.25, 0.3) is 5.91 Å². The topological polar surface area (TPSA) is 66.5 Å². The van der Waals surface area contributed by atoms with Crippen LogP contribution >= 0.6 is 11.8 Å². The molecule has 7 heteroatoms. The molecule has 0 unspecified atom stereocenters. The molecule has 1 N–H and O–H groups in total. The zero-order chi connectivity index (χ0) is 20.7. The number of hydrogen-bond donors (Lipinski definition) is 1. The average Bonchev–Trinajstić information content (AvgIpc) is 2.74. The third-order valence-corrected chi connectivity index (χ3v) is 8.05. The molecule has 1 amide bonds. The van der Waals surface area contributed by atoms with Gasteiger partial charge in [0.15, 0.2) is 0 Å². The van der Waals surface area contributed by atoms with Crippen molar-refractivity contribution in [3.05, 3.63) is 65.7 Å². The Kier molecular flexibility index (Phi) is 7.75. The normalized spacial score (nSPS) is 15.9. The molecular weight excluding hydrogens is 404 g/mol. The van der Waals surface area contributed by atoms with Crippen LogP contribution in [0.25, 0.3) is 0 Å². The molecule has 0 saturated carbocycles. The predicted molar refractivity (Wildman–Crippen MR) is 119 cm³/mol. The second-order valence-electron chi connectivity index (χ2n) is 7.41. The number of thioether (sulfide) groups is 1. The number of rotatable bonds is 8. The third-order valence-electron chi connectivity index (χ3n) is 5.12. The molecule has 1 aliphatic rings. The Balaban J connectivity index is 1.52. The Hall–Kier alpha value is -1.83. The van der Waals surface area contributed by atoms with Crippen molar-refractivity contribution in [2.24, 2.45) is 5.92 Å². The maximum absolute atomic E-state index is 12.9. The second-order valence-corrected chi connectivity index (χ2v) is 10.5. The van der Waals surface area contributed by atoms with E-state index in [2.05, 4.69) is 24.4 Å². The van der Waals surface area contributed by atoms with E-state index in [-0.39, 0.29) is 10.8 Å². The molecule has 2 aromatic carbocycles. The first kappa shape index (κ1) is 21.9. The van der Waals surface area contributed by atoms with Crippen molar-refractivity contribution in [1.82, 2.24) is 9.62 Å². The number of carbonyl (C=O) groups is 1. The molecule has 2 aromatic rings. The van der Waals surface area contributed by atoms with Gasteiger partial charge in [-0.3, -0.25) is 4.79 Å². The average molecular weight is 433 g/mol. The van der Waals surface area contributed by atoms with Crippen molar-refractivity contribution in [2.45, 2.75) is 30.4 Å². The first-order chi connectivity index (χ1) is 14.0. The van der Waals surface area contributed by atoms with Gasteiger partial charge in [0, 0.05) is 36.7 Å². The summed E-state index contributed by atoms with van der Waals surface area (Å²) >= 11 is 1.75. The van der Waals surface area contributed by atoms with E-state index in [1.165, 1.54) is 15.9 Å². The maximum atomic E-state index is 12.9. The van der Waals surface area contributed by atoms with Crippen molar-refractivity contribution in [3.63, 3.8) is 0 Å². The molecule has 0 spiro atoms. The highest BCUT2D eigenvalue weighted by Gasteiger charge is 2.28. The number of nitrogens with one attached hydrogen (secondary N) is 1. The van der Waals surface area contributed by atoms with Gasteiger partial charge in [0.05, 0.1) is 4.90 Å². The zero-order valence-corrected chi connectivity index (χ0v) is 18.3. The predicted octanol–water partition coefficient (Wildman–Crippen LogP) is 3.77. The van der Waals surface area contributed by atoms with Crippen LogP contribution in [0.4, 0.5) is 0 Å². The largest absolute Gasteiger partial charge is 0.351 e. The number of carbonyl (C=O) groups excluding carboxylic acids is 1. The molecule has 0 atom stereocenters. The van der Waals surface area contributed by atoms with Crippen molar-refractivity contribution in [3.8, 4) is 0 Å². The Labute approximate surface area is 177 Å². The monoisotopic (exact) mass is 432 g/mol. The van der Waals surface area contributed by atoms with Crippen LogP contribution in [0.5, 0.6) is 0 Å². The fourth-order valence-electron chi connectivity index (χ4n) is 3.28. The van der Waals surface area contributed by atoms with Gasteiger partial charge in [-0.25, -0.2) is 8.42 Å². The Morgan fingerprint density at radius 1 is 1.10 bits per heavy atom. The van der Waals surface area contributed by atoms with Gasteiger partial charge in [0.1, 0.15) is 0 Å². The van der Waals surface area contributed by atoms with Crippen LogP contribution in [-0.2, 0) is 15.8 Å². The fraction of sp³-hybridized carbons (Fsp3) is 0.409. The van der Waals surface area contributed by atoms with Crippen LogP contribution in [0.15, 0.2) is 59.5 Å². The van der Waals surface area contributed by atoms with Gasteiger partial charge in [-0.1, -0.05) is 43.3 Å². The molecule has 1 fully saturated rings. The minimum absolute atomic E-state index is 0.193. The van der Waals surface area contributed by atoms with Crippen LogP contribution in [0.3, 0.4) is 0 Å². The molecule has 0 aromatic heterocycles. The Morgan fingerprint density at radius 3 is 2.55 bits per heavy atom. The van der Waals surface area contributed by atoms with E-state index in [0.29, 0.717) is 31.1 Å². The standard InChI is InChI=1S/C22H28N2O3S2/c1-18-10-13-24(14-11-18)29(26,27)21-9-5-8-20(16-21)22(25)23-12-15-28-17-19-6-3-2-4-7-19/h2-9,16,18H,10-15,17H2,1H3,(H,23,25). The van der Waals surface area contributed by atoms with E-state index < -0.39 is 10.0 Å². The first-order valence-electron chi connectivity index (χ1n) is 9.97. The molecule has 5 nitrogen and oxygen atoms in total. The number of nitrogens with zero attached hydrogens (tertiary/aromatic N) is 1. The summed E-state index contributed by atoms with van der Waals surface area (Å²) in [4.78, 5) is 12.6. The lowest BCUT2D eigenvalue weighted by atomic mass is 10.0. The second kappa shape index (κ2) is 10.3. The number of benzene rings is 2. The van der Waals surface area contributed by atoms with Crippen LogP contribution in [0.2, 0.25) is 0 Å². The highest BCUT2D eigenvalue weighted by Crippen LogP contribution is 2.24. The summed E-state index contributed by atoms with van der Waals surface area (Å²) in [5, 5.41) is 2.88. The van der Waals surface area contributed by atoms with Crippen molar-refractivity contribution < 1.29 is 13.2 Å². The van der Waals surface area contributed by atoms with Crippen LogP contribution in [0.1, 0.15) is 35.7 Å². The summed E-state index contributed by atoms with van der Waals surface area (Å²) in [5.74, 6) is 2.01. The van der Waals surface area contributed by atoms with Crippen LogP contribution in [0, 0.1) is 5.92 Å². The van der Waals surface area contributed by atoms with Gasteiger partial charge >= 0.3 is 0 Å². The Bertz CT molecular complexity index is 909. The Morgan fingerprint density at radius 2 is 1.83 bits per heavy atom. The number of piperidine rings is 1. The lowest BCUT2D eigenvalue weighted by molar-refractivity contribution is 0.0956. The van der Waals surface area contributed by atoms with E-state index in [9.17, 15) is 13.2 Å². The highest BCUT2D eigenvalue weighted by atomic mass is 32.2. The highest BCUT2D eigenvalue weighted by molar-refractivity contribution is 7.98. The van der Waals surface area contributed by atoms with Crippen LogP contribution in [-0.4, -0.2) is 44.0 Å². The SMILES string of the molecule is CC1CCN(S(=O)(=O)c2cccc(C(=O)NCCSCc3ccccc3)c2)CC1. The molecule has 3 rings (SSSR count). The molecule has 0 bridgehead atoms. The summed E-state index contributed by atoms with van der Waals surface area (Å²) in [5.41, 5.74) is 1.64. The van der Waals surface area contributed by atoms with Gasteiger partial charge in [-0.15, -0.1) is 0 Å². The third kappa shape index (κ3) is 6.07. The lowest BCUT2D eigenvalue weighted by Gasteiger charge is -2.29. The van der Waals surface area contributed by atoms with Gasteiger partial charge in [-0.2, -0.15) is 16.1 Å². The fourth-order valence-corrected chi connectivity index (χ4v) is 5.61. The van der Waals surface area contributed by atoms with Gasteiger partial charge < -0.3 is 5.32 Å². The van der Waals surface area contributed by atoms with E-state index in [1.54, 1.807) is 30.0 Å². The maximum Gasteiger partial charge on any atom is 0.251 e. The zero-order valence-electron chi connectivity index (χ0n) is 16.7. The summed E-state index contributed by atoms with van der Waals surface area (Å²) in [6.07, 6.45) is 1.75. The van der Waals surface area contributed by atoms with Gasteiger partial charge in [0.2, 0.25) is 10.0 Å². The summed E-state index contributed by atoms with van der Waals surface area (Å²) in [7, 11) is -3.55. The number of sulfonamides is 1. The molecule has 0 radical (unpaired) electrons. The molecular formula is C22H28N2O3S2. The molecule has 156 valence electrons. The summed E-state index contributed by atoms with van der Waals surface area (Å²) in [6.45, 7) is 3.77. The molecule has 29 heavy (non-hydrogen) atoms. The van der Waals surface area contributed by atoms with Crippen LogP contribution < -0.4 is 5.32 Å². The number of hydrogen-bond acceptors (Lipinski definition) is 4.